The quantitative estimate of drug-likeness (QED) is 0.396. The number of rotatable bonds is 8. The van der Waals surface area contributed by atoms with Crippen LogP contribution in [0.2, 0.25) is 5.02 Å². The van der Waals surface area contributed by atoms with Crippen LogP contribution in [0.4, 0.5) is 5.69 Å². The second-order valence-corrected chi connectivity index (χ2v) is 9.88. The first kappa shape index (κ1) is 23.2. The molecule has 3 fully saturated rings. The minimum atomic E-state index is -1.27. The van der Waals surface area contributed by atoms with E-state index in [1.54, 1.807) is 30.3 Å². The minimum absolute atomic E-state index is 0.113. The number of carboxylic acids is 1. The maximum Gasteiger partial charge on any atom is 0.310 e. The Hall–Kier alpha value is -1.94. The number of carbonyl (C=O) groups is 3. The Labute approximate surface area is 198 Å². The maximum absolute atomic E-state index is 14.0. The maximum atomic E-state index is 14.0. The van der Waals surface area contributed by atoms with Gasteiger partial charge >= 0.3 is 5.97 Å². The number of ether oxygens (including phenoxy) is 1. The second kappa shape index (κ2) is 8.78. The molecule has 3 heterocycles. The average Bonchev–Trinajstić information content (AvgIpc) is 3.34. The number of alkyl halides is 1. The van der Waals surface area contributed by atoms with E-state index in [1.165, 1.54) is 9.80 Å². The number of aliphatic carboxylic acids is 1. The summed E-state index contributed by atoms with van der Waals surface area (Å²) in [5.74, 6) is -3.99. The van der Waals surface area contributed by atoms with Gasteiger partial charge in [-0.3, -0.25) is 14.4 Å². The molecule has 8 nitrogen and oxygen atoms in total. The summed E-state index contributed by atoms with van der Waals surface area (Å²) >= 11 is 9.88. The minimum Gasteiger partial charge on any atom is -0.481 e. The van der Waals surface area contributed by atoms with E-state index >= 15 is 0 Å². The summed E-state index contributed by atoms with van der Waals surface area (Å²) in [6.45, 7) is 3.83. The Bertz CT molecular complexity index is 960. The molecule has 2 N–H and O–H groups in total. The van der Waals surface area contributed by atoms with Gasteiger partial charge in [0.1, 0.15) is 11.6 Å². The van der Waals surface area contributed by atoms with Crippen LogP contribution in [0.15, 0.2) is 36.9 Å². The van der Waals surface area contributed by atoms with Gasteiger partial charge in [-0.2, -0.15) is 0 Å². The van der Waals surface area contributed by atoms with Gasteiger partial charge < -0.3 is 24.7 Å². The molecule has 3 aliphatic heterocycles. The highest BCUT2D eigenvalue weighted by atomic mass is 79.9. The monoisotopic (exact) mass is 526 g/mol. The molecule has 3 saturated heterocycles. The van der Waals surface area contributed by atoms with Crippen LogP contribution in [-0.4, -0.2) is 75.2 Å². The summed E-state index contributed by atoms with van der Waals surface area (Å²) in [4.78, 5) is 42.1. The van der Waals surface area contributed by atoms with Gasteiger partial charge in [-0.1, -0.05) is 45.7 Å². The lowest BCUT2D eigenvalue weighted by atomic mass is 9.70. The number of hydrogen-bond donors (Lipinski definition) is 2. The van der Waals surface area contributed by atoms with Crippen LogP contribution in [0, 0.1) is 11.8 Å². The van der Waals surface area contributed by atoms with Crippen LogP contribution in [-0.2, 0) is 19.1 Å². The highest BCUT2D eigenvalue weighted by molar-refractivity contribution is 9.09. The largest absolute Gasteiger partial charge is 0.481 e. The Morgan fingerprint density at radius 2 is 2.12 bits per heavy atom. The summed E-state index contributed by atoms with van der Waals surface area (Å²) in [6.07, 6.45) is 1.44. The van der Waals surface area contributed by atoms with Crippen LogP contribution in [0.3, 0.4) is 0 Å². The number of hydrogen-bond acceptors (Lipinski definition) is 5. The molecule has 10 heteroatoms. The van der Waals surface area contributed by atoms with Crippen molar-refractivity contribution in [2.75, 3.05) is 24.6 Å². The molecule has 0 radical (unpaired) electrons. The number of amides is 2. The van der Waals surface area contributed by atoms with E-state index in [4.69, 9.17) is 16.3 Å². The van der Waals surface area contributed by atoms with Crippen LogP contribution in [0.5, 0.6) is 0 Å². The Morgan fingerprint density at radius 1 is 1.41 bits per heavy atom. The van der Waals surface area contributed by atoms with E-state index in [1.807, 2.05) is 0 Å². The molecule has 1 unspecified atom stereocenters. The number of nitrogens with zero attached hydrogens (tertiary/aromatic N) is 2. The van der Waals surface area contributed by atoms with Crippen molar-refractivity contribution in [3.05, 3.63) is 41.9 Å². The molecule has 1 aromatic rings. The van der Waals surface area contributed by atoms with Gasteiger partial charge in [-0.15, -0.1) is 6.58 Å². The number of fused-ring (bicyclic) bond motifs is 1. The van der Waals surface area contributed by atoms with Crippen molar-refractivity contribution >= 4 is 51.0 Å². The second-order valence-electron chi connectivity index (χ2n) is 8.30. The average molecular weight is 528 g/mol. The first-order valence-corrected chi connectivity index (χ1v) is 11.7. The number of anilines is 1. The molecule has 0 aromatic heterocycles. The van der Waals surface area contributed by atoms with Gasteiger partial charge in [-0.05, 0) is 25.0 Å². The highest BCUT2D eigenvalue weighted by Crippen LogP contribution is 2.60. The summed E-state index contributed by atoms with van der Waals surface area (Å²) < 4.78 is 6.22. The number of aliphatic hydroxyl groups excluding tert-OH is 1. The third kappa shape index (κ3) is 3.37. The molecule has 0 aliphatic carbocycles. The third-order valence-electron chi connectivity index (χ3n) is 6.59. The van der Waals surface area contributed by atoms with Gasteiger partial charge in [0.2, 0.25) is 5.91 Å². The molecule has 1 spiro atoms. The standard InChI is InChI=1S/C22H24BrClN2O6/c1-2-8-25(14-7-4-3-6-13(14)24)20(29)18-22-11-12(23)17(32-22)15(21(30)31)16(22)19(28)26(18)9-5-10-27/h2-4,6-7,12,15-18,27H,1,5,8-11H2,(H,30,31)/t12?,15-,16+,17-,18-,22+/m1/s1. The lowest BCUT2D eigenvalue weighted by Gasteiger charge is -2.37. The zero-order valence-corrected chi connectivity index (χ0v) is 19.5. The normalized spacial score (nSPS) is 32.8. The fourth-order valence-corrected chi connectivity index (χ4v) is 6.61. The zero-order valence-electron chi connectivity index (χ0n) is 17.2. The van der Waals surface area contributed by atoms with E-state index in [-0.39, 0.29) is 30.9 Å². The van der Waals surface area contributed by atoms with Crippen LogP contribution >= 0.6 is 27.5 Å². The molecule has 4 rings (SSSR count). The lowest BCUT2D eigenvalue weighted by molar-refractivity contribution is -0.149. The topological polar surface area (TPSA) is 107 Å². The number of benzene rings is 1. The van der Waals surface area contributed by atoms with E-state index in [0.29, 0.717) is 17.1 Å². The number of halogens is 2. The molecule has 2 bridgehead atoms. The lowest BCUT2D eigenvalue weighted by Crippen LogP contribution is -2.57. The van der Waals surface area contributed by atoms with E-state index < -0.39 is 47.4 Å². The molecule has 3 aliphatic rings. The number of carboxylic acid groups (broad SMARTS) is 1. The number of carbonyl (C=O) groups excluding carboxylic acids is 2. The molecule has 1 aromatic carbocycles. The molecule has 0 saturated carbocycles. The fourth-order valence-electron chi connectivity index (χ4n) is 5.43. The van der Waals surface area contributed by atoms with Crippen molar-refractivity contribution in [2.45, 2.75) is 35.4 Å². The molecular weight excluding hydrogens is 504 g/mol. The Balaban J connectivity index is 1.81. The van der Waals surface area contributed by atoms with Crippen molar-refractivity contribution < 1.29 is 29.3 Å². The first-order valence-electron chi connectivity index (χ1n) is 10.4. The summed E-state index contributed by atoms with van der Waals surface area (Å²) in [7, 11) is 0. The molecule has 32 heavy (non-hydrogen) atoms. The molecule has 2 amide bonds. The fraction of sp³-hybridized carbons (Fsp3) is 0.500. The number of aliphatic hydroxyl groups is 1. The zero-order chi connectivity index (χ0) is 23.2. The van der Waals surface area contributed by atoms with Crippen LogP contribution in [0.25, 0.3) is 0 Å². The summed E-state index contributed by atoms with van der Waals surface area (Å²) in [6, 6.07) is 5.82. The summed E-state index contributed by atoms with van der Waals surface area (Å²) in [5, 5.41) is 19.6. The van der Waals surface area contributed by atoms with Gasteiger partial charge in [-0.25, -0.2) is 0 Å². The molecule has 172 valence electrons. The van der Waals surface area contributed by atoms with E-state index in [9.17, 15) is 24.6 Å². The van der Waals surface area contributed by atoms with E-state index in [0.717, 1.165) is 0 Å². The van der Waals surface area contributed by atoms with Gasteiger partial charge in [0, 0.05) is 24.5 Å². The van der Waals surface area contributed by atoms with Crippen LogP contribution in [0.1, 0.15) is 12.8 Å². The van der Waals surface area contributed by atoms with Crippen LogP contribution < -0.4 is 4.90 Å². The Kier molecular flexibility index (Phi) is 6.37. The van der Waals surface area contributed by atoms with E-state index in [2.05, 4.69) is 22.5 Å². The summed E-state index contributed by atoms with van der Waals surface area (Å²) in [5.41, 5.74) is -0.808. The predicted molar refractivity (Wildman–Crippen MR) is 121 cm³/mol. The predicted octanol–water partition coefficient (Wildman–Crippen LogP) is 2.07. The van der Waals surface area contributed by atoms with Crippen molar-refractivity contribution in [1.29, 1.82) is 0 Å². The van der Waals surface area contributed by atoms with Crippen molar-refractivity contribution in [1.82, 2.24) is 4.90 Å². The van der Waals surface area contributed by atoms with Crippen molar-refractivity contribution in [3.63, 3.8) is 0 Å². The molecular formula is C22H24BrClN2O6. The Morgan fingerprint density at radius 3 is 2.75 bits per heavy atom. The highest BCUT2D eigenvalue weighted by Gasteiger charge is 2.76. The van der Waals surface area contributed by atoms with Crippen molar-refractivity contribution in [3.8, 4) is 0 Å². The molecule has 6 atom stereocenters. The van der Waals surface area contributed by atoms with Crippen molar-refractivity contribution in [2.24, 2.45) is 11.8 Å². The van der Waals surface area contributed by atoms with Gasteiger partial charge in [0.05, 0.1) is 28.6 Å². The smallest absolute Gasteiger partial charge is 0.310 e. The SMILES string of the molecule is C=CCN(C(=O)[C@H]1N(CCCO)C(=O)[C@@H]2[C@@H](C(=O)O)[C@@H]3O[C@@]21CC3Br)c1ccccc1Cl. The third-order valence-corrected chi connectivity index (χ3v) is 7.75. The van der Waals surface area contributed by atoms with Gasteiger partial charge in [0.15, 0.2) is 0 Å². The first-order chi connectivity index (χ1) is 15.3. The van der Waals surface area contributed by atoms with Gasteiger partial charge in [0.25, 0.3) is 5.91 Å². The number of para-hydroxylation sites is 1. The number of likely N-dealkylation sites (tertiary alicyclic amines) is 1.